The Morgan fingerprint density at radius 2 is 2.14 bits per heavy atom. The highest BCUT2D eigenvalue weighted by molar-refractivity contribution is 5.37. The molecule has 0 heterocycles. The molecule has 0 amide bonds. The highest BCUT2D eigenvalue weighted by atomic mass is 16.5. The zero-order valence-corrected chi connectivity index (χ0v) is 9.21. The van der Waals surface area contributed by atoms with Crippen LogP contribution in [0.4, 0.5) is 0 Å². The van der Waals surface area contributed by atoms with Gasteiger partial charge in [0.05, 0.1) is 7.11 Å². The number of hydrogen-bond acceptors (Lipinski definition) is 2. The average Bonchev–Trinajstić information content (AvgIpc) is 2.15. The molecule has 1 rings (SSSR count). The standard InChI is InChI=1S/C12H19NO/c1-9-4-6-11(7-5-10(2)13)12(8-9)14-3/h4,6,8,10H,5,7,13H2,1-3H3/t10-/m1/s1. The number of methoxy groups -OCH3 is 1. The molecule has 0 aliphatic carbocycles. The van der Waals surface area contributed by atoms with E-state index in [1.807, 2.05) is 6.92 Å². The second-order valence-electron chi connectivity index (χ2n) is 3.83. The summed E-state index contributed by atoms with van der Waals surface area (Å²) in [4.78, 5) is 0. The van der Waals surface area contributed by atoms with Gasteiger partial charge >= 0.3 is 0 Å². The molecule has 0 radical (unpaired) electrons. The molecule has 0 unspecified atom stereocenters. The number of rotatable bonds is 4. The average molecular weight is 193 g/mol. The minimum Gasteiger partial charge on any atom is -0.496 e. The van der Waals surface area contributed by atoms with Crippen molar-refractivity contribution in [3.63, 3.8) is 0 Å². The zero-order chi connectivity index (χ0) is 10.6. The Kier molecular flexibility index (Phi) is 3.96. The molecule has 1 aromatic rings. The topological polar surface area (TPSA) is 35.2 Å². The number of ether oxygens (including phenoxy) is 1. The van der Waals surface area contributed by atoms with Gasteiger partial charge in [-0.25, -0.2) is 0 Å². The summed E-state index contributed by atoms with van der Waals surface area (Å²) < 4.78 is 5.32. The third-order valence-corrected chi connectivity index (χ3v) is 2.31. The van der Waals surface area contributed by atoms with Crippen molar-refractivity contribution in [3.8, 4) is 5.75 Å². The number of hydrogen-bond donors (Lipinski definition) is 1. The van der Waals surface area contributed by atoms with Crippen LogP contribution in [0.3, 0.4) is 0 Å². The van der Waals surface area contributed by atoms with Gasteiger partial charge in [0.1, 0.15) is 5.75 Å². The molecule has 0 fully saturated rings. The summed E-state index contributed by atoms with van der Waals surface area (Å²) in [5.74, 6) is 0.977. The lowest BCUT2D eigenvalue weighted by Gasteiger charge is -2.10. The predicted molar refractivity (Wildman–Crippen MR) is 59.7 cm³/mol. The molecule has 2 N–H and O–H groups in total. The lowest BCUT2D eigenvalue weighted by molar-refractivity contribution is 0.408. The first-order chi connectivity index (χ1) is 6.63. The Morgan fingerprint density at radius 1 is 1.43 bits per heavy atom. The van der Waals surface area contributed by atoms with Gasteiger partial charge in [0.15, 0.2) is 0 Å². The molecule has 0 aliphatic heterocycles. The molecule has 14 heavy (non-hydrogen) atoms. The van der Waals surface area contributed by atoms with Gasteiger partial charge in [-0.05, 0) is 43.9 Å². The third-order valence-electron chi connectivity index (χ3n) is 2.31. The Labute approximate surface area is 86.1 Å². The Balaban J connectivity index is 2.75. The maximum atomic E-state index is 5.72. The lowest BCUT2D eigenvalue weighted by Crippen LogP contribution is -2.15. The smallest absolute Gasteiger partial charge is 0.122 e. The van der Waals surface area contributed by atoms with E-state index in [2.05, 4.69) is 25.1 Å². The first-order valence-corrected chi connectivity index (χ1v) is 5.02. The van der Waals surface area contributed by atoms with Crippen LogP contribution in [-0.4, -0.2) is 13.2 Å². The maximum absolute atomic E-state index is 5.72. The summed E-state index contributed by atoms with van der Waals surface area (Å²) in [6.07, 6.45) is 1.99. The molecule has 0 aromatic heterocycles. The molecule has 0 spiro atoms. The predicted octanol–water partition coefficient (Wildman–Crippen LogP) is 2.28. The fourth-order valence-electron chi connectivity index (χ4n) is 1.44. The first kappa shape index (κ1) is 11.1. The summed E-state index contributed by atoms with van der Waals surface area (Å²) in [7, 11) is 1.71. The SMILES string of the molecule is COc1cc(C)ccc1CC[C@@H](C)N. The van der Waals surface area contributed by atoms with Gasteiger partial charge in [0.25, 0.3) is 0 Å². The lowest BCUT2D eigenvalue weighted by atomic mass is 10.0. The second-order valence-corrected chi connectivity index (χ2v) is 3.83. The van der Waals surface area contributed by atoms with E-state index in [1.54, 1.807) is 7.11 Å². The summed E-state index contributed by atoms with van der Waals surface area (Å²) in [5.41, 5.74) is 8.19. The molecular weight excluding hydrogens is 174 g/mol. The number of nitrogens with two attached hydrogens (primary N) is 1. The first-order valence-electron chi connectivity index (χ1n) is 5.02. The molecular formula is C12H19NO. The Hall–Kier alpha value is -1.02. The summed E-state index contributed by atoms with van der Waals surface area (Å²) >= 11 is 0. The van der Waals surface area contributed by atoms with Crippen molar-refractivity contribution in [1.29, 1.82) is 0 Å². The highest BCUT2D eigenvalue weighted by Crippen LogP contribution is 2.21. The van der Waals surface area contributed by atoms with E-state index >= 15 is 0 Å². The van der Waals surface area contributed by atoms with E-state index in [0.29, 0.717) is 0 Å². The van der Waals surface area contributed by atoms with Gasteiger partial charge in [0.2, 0.25) is 0 Å². The van der Waals surface area contributed by atoms with Gasteiger partial charge in [-0.2, -0.15) is 0 Å². The van der Waals surface area contributed by atoms with Crippen LogP contribution in [0, 0.1) is 6.92 Å². The summed E-state index contributed by atoms with van der Waals surface area (Å²) in [6.45, 7) is 4.10. The fraction of sp³-hybridized carbons (Fsp3) is 0.500. The summed E-state index contributed by atoms with van der Waals surface area (Å²) in [5, 5.41) is 0. The van der Waals surface area contributed by atoms with Gasteiger partial charge in [0, 0.05) is 6.04 Å². The van der Waals surface area contributed by atoms with Gasteiger partial charge < -0.3 is 10.5 Å². The van der Waals surface area contributed by atoms with Crippen molar-refractivity contribution in [2.24, 2.45) is 5.73 Å². The molecule has 0 saturated carbocycles. The zero-order valence-electron chi connectivity index (χ0n) is 9.21. The normalized spacial score (nSPS) is 12.6. The van der Waals surface area contributed by atoms with Crippen molar-refractivity contribution in [2.75, 3.05) is 7.11 Å². The van der Waals surface area contributed by atoms with Gasteiger partial charge in [-0.15, -0.1) is 0 Å². The van der Waals surface area contributed by atoms with Crippen LogP contribution in [0.15, 0.2) is 18.2 Å². The van der Waals surface area contributed by atoms with Crippen molar-refractivity contribution in [2.45, 2.75) is 32.7 Å². The molecule has 0 aliphatic rings. The molecule has 2 heteroatoms. The molecule has 78 valence electrons. The third kappa shape index (κ3) is 3.04. The number of benzene rings is 1. The Bertz CT molecular complexity index is 294. The maximum Gasteiger partial charge on any atom is 0.122 e. The number of aryl methyl sites for hydroxylation is 2. The van der Waals surface area contributed by atoms with Gasteiger partial charge in [-0.3, -0.25) is 0 Å². The van der Waals surface area contributed by atoms with E-state index in [1.165, 1.54) is 11.1 Å². The monoisotopic (exact) mass is 193 g/mol. The molecule has 2 nitrogen and oxygen atoms in total. The van der Waals surface area contributed by atoms with Crippen LogP contribution < -0.4 is 10.5 Å². The van der Waals surface area contributed by atoms with Crippen LogP contribution in [0.2, 0.25) is 0 Å². The van der Waals surface area contributed by atoms with E-state index < -0.39 is 0 Å². The fourth-order valence-corrected chi connectivity index (χ4v) is 1.44. The van der Waals surface area contributed by atoms with Crippen LogP contribution in [0.25, 0.3) is 0 Å². The van der Waals surface area contributed by atoms with E-state index in [9.17, 15) is 0 Å². The van der Waals surface area contributed by atoms with Crippen molar-refractivity contribution in [3.05, 3.63) is 29.3 Å². The van der Waals surface area contributed by atoms with Gasteiger partial charge in [-0.1, -0.05) is 12.1 Å². The second kappa shape index (κ2) is 5.01. The van der Waals surface area contributed by atoms with E-state index in [4.69, 9.17) is 10.5 Å². The highest BCUT2D eigenvalue weighted by Gasteiger charge is 2.03. The molecule has 0 saturated heterocycles. The van der Waals surface area contributed by atoms with Crippen LogP contribution >= 0.6 is 0 Å². The van der Waals surface area contributed by atoms with Crippen LogP contribution in [0.1, 0.15) is 24.5 Å². The minimum atomic E-state index is 0.251. The van der Waals surface area contributed by atoms with E-state index in [0.717, 1.165) is 18.6 Å². The van der Waals surface area contributed by atoms with Crippen molar-refractivity contribution in [1.82, 2.24) is 0 Å². The van der Waals surface area contributed by atoms with Crippen molar-refractivity contribution < 1.29 is 4.74 Å². The Morgan fingerprint density at radius 3 is 2.71 bits per heavy atom. The summed E-state index contributed by atoms with van der Waals surface area (Å²) in [6, 6.07) is 6.55. The molecule has 1 atom stereocenters. The molecule has 1 aromatic carbocycles. The molecule has 0 bridgehead atoms. The largest absolute Gasteiger partial charge is 0.496 e. The minimum absolute atomic E-state index is 0.251. The van der Waals surface area contributed by atoms with E-state index in [-0.39, 0.29) is 6.04 Å². The van der Waals surface area contributed by atoms with Crippen molar-refractivity contribution >= 4 is 0 Å². The van der Waals surface area contributed by atoms with Crippen LogP contribution in [0.5, 0.6) is 5.75 Å². The quantitative estimate of drug-likeness (QED) is 0.796. The van der Waals surface area contributed by atoms with Crippen LogP contribution in [-0.2, 0) is 6.42 Å².